The average Bonchev–Trinajstić information content (AvgIpc) is 2.67. The second kappa shape index (κ2) is 9.70. The number of methoxy groups -OCH3 is 2. The van der Waals surface area contributed by atoms with E-state index in [0.717, 1.165) is 16.9 Å². The highest BCUT2D eigenvalue weighted by molar-refractivity contribution is 5.81. The van der Waals surface area contributed by atoms with Gasteiger partial charge in [0.05, 0.1) is 14.2 Å². The molecule has 1 N–H and O–H groups in total. The Balaban J connectivity index is 1.90. The van der Waals surface area contributed by atoms with Crippen LogP contribution in [0.25, 0.3) is 0 Å². The van der Waals surface area contributed by atoms with Gasteiger partial charge in [0.25, 0.3) is 5.91 Å². The summed E-state index contributed by atoms with van der Waals surface area (Å²) in [6.45, 7) is 4.44. The molecule has 2 aromatic rings. The van der Waals surface area contributed by atoms with Crippen molar-refractivity contribution in [2.24, 2.45) is 0 Å². The van der Waals surface area contributed by atoms with E-state index < -0.39 is 6.10 Å². The Morgan fingerprint density at radius 3 is 2.42 bits per heavy atom. The predicted octanol–water partition coefficient (Wildman–Crippen LogP) is 3.53. The number of rotatable bonds is 9. The molecule has 0 spiro atoms. The Labute approximate surface area is 155 Å². The summed E-state index contributed by atoms with van der Waals surface area (Å²) in [7, 11) is 3.22. The lowest BCUT2D eigenvalue weighted by Gasteiger charge is -2.18. The van der Waals surface area contributed by atoms with Gasteiger partial charge in [-0.25, -0.2) is 0 Å². The summed E-state index contributed by atoms with van der Waals surface area (Å²) in [6.07, 6.45) is 0.810. The minimum atomic E-state index is -0.499. The smallest absolute Gasteiger partial charge is 0.261 e. The van der Waals surface area contributed by atoms with E-state index in [2.05, 4.69) is 5.32 Å². The van der Waals surface area contributed by atoms with Crippen molar-refractivity contribution < 1.29 is 19.0 Å². The van der Waals surface area contributed by atoms with Crippen molar-refractivity contribution in [2.75, 3.05) is 20.8 Å². The van der Waals surface area contributed by atoms with Crippen LogP contribution in [0.5, 0.6) is 17.2 Å². The molecule has 0 radical (unpaired) electrons. The van der Waals surface area contributed by atoms with Crippen molar-refractivity contribution in [2.45, 2.75) is 32.8 Å². The Kier molecular flexibility index (Phi) is 7.33. The molecule has 0 aromatic heterocycles. The summed E-state index contributed by atoms with van der Waals surface area (Å²) in [6, 6.07) is 13.5. The van der Waals surface area contributed by atoms with Crippen molar-refractivity contribution in [3.63, 3.8) is 0 Å². The first-order valence-electron chi connectivity index (χ1n) is 8.80. The molecule has 0 saturated carbocycles. The van der Waals surface area contributed by atoms with Crippen molar-refractivity contribution in [1.82, 2.24) is 5.32 Å². The fraction of sp³-hybridized carbons (Fsp3) is 0.381. The van der Waals surface area contributed by atoms with E-state index in [-0.39, 0.29) is 5.91 Å². The van der Waals surface area contributed by atoms with E-state index in [9.17, 15) is 4.79 Å². The van der Waals surface area contributed by atoms with Gasteiger partial charge in [0.15, 0.2) is 17.6 Å². The quantitative estimate of drug-likeness (QED) is 0.746. The van der Waals surface area contributed by atoms with Gasteiger partial charge < -0.3 is 19.5 Å². The third-order valence-electron chi connectivity index (χ3n) is 4.19. The van der Waals surface area contributed by atoms with Gasteiger partial charge in [0, 0.05) is 6.54 Å². The lowest BCUT2D eigenvalue weighted by atomic mass is 10.1. The van der Waals surface area contributed by atoms with Gasteiger partial charge in [-0.1, -0.05) is 31.2 Å². The molecule has 26 heavy (non-hydrogen) atoms. The zero-order valence-corrected chi connectivity index (χ0v) is 15.9. The summed E-state index contributed by atoms with van der Waals surface area (Å²) in [5.41, 5.74) is 2.08. The molecular formula is C21H27NO4. The normalized spacial score (nSPS) is 11.5. The fourth-order valence-electron chi connectivity index (χ4n) is 2.64. The lowest BCUT2D eigenvalue weighted by molar-refractivity contribution is -0.128. The van der Waals surface area contributed by atoms with Gasteiger partial charge in [-0.05, 0) is 49.1 Å². The number of carbonyl (C=O) groups is 1. The first kappa shape index (κ1) is 19.6. The average molecular weight is 357 g/mol. The number of hydrogen-bond acceptors (Lipinski definition) is 4. The predicted molar refractivity (Wildman–Crippen MR) is 102 cm³/mol. The molecule has 0 heterocycles. The van der Waals surface area contributed by atoms with Crippen LogP contribution in [0.3, 0.4) is 0 Å². The first-order chi connectivity index (χ1) is 12.6. The third-order valence-corrected chi connectivity index (χ3v) is 4.19. The van der Waals surface area contributed by atoms with Gasteiger partial charge >= 0.3 is 0 Å². The molecule has 0 aliphatic heterocycles. The van der Waals surface area contributed by atoms with E-state index >= 15 is 0 Å². The molecule has 1 unspecified atom stereocenters. The van der Waals surface area contributed by atoms with Crippen LogP contribution in [-0.2, 0) is 11.2 Å². The molecule has 5 nitrogen and oxygen atoms in total. The minimum Gasteiger partial charge on any atom is -0.493 e. The summed E-state index contributed by atoms with van der Waals surface area (Å²) in [5.74, 6) is 2.02. The molecule has 1 atom stereocenters. The van der Waals surface area contributed by atoms with E-state index in [4.69, 9.17) is 14.2 Å². The summed E-state index contributed by atoms with van der Waals surface area (Å²) < 4.78 is 16.4. The minimum absolute atomic E-state index is 0.101. The van der Waals surface area contributed by atoms with Crippen molar-refractivity contribution >= 4 is 5.91 Å². The molecule has 0 aliphatic carbocycles. The van der Waals surface area contributed by atoms with Crippen LogP contribution < -0.4 is 19.5 Å². The summed E-state index contributed by atoms with van der Waals surface area (Å²) in [5, 5.41) is 2.95. The fourth-order valence-corrected chi connectivity index (χ4v) is 2.64. The van der Waals surface area contributed by atoms with Crippen LogP contribution in [-0.4, -0.2) is 32.8 Å². The van der Waals surface area contributed by atoms with Crippen LogP contribution in [0, 0.1) is 6.92 Å². The molecule has 5 heteroatoms. The topological polar surface area (TPSA) is 56.8 Å². The SMILES string of the molecule is CCC(Oc1ccccc1C)C(=O)NCCc1ccc(OC)c(OC)c1. The van der Waals surface area contributed by atoms with Crippen LogP contribution in [0.2, 0.25) is 0 Å². The number of amides is 1. The number of hydrogen-bond donors (Lipinski definition) is 1. The molecule has 2 rings (SSSR count). The van der Waals surface area contributed by atoms with Gasteiger partial charge in [0.1, 0.15) is 5.75 Å². The lowest BCUT2D eigenvalue weighted by Crippen LogP contribution is -2.39. The number of carbonyl (C=O) groups excluding carboxylic acids is 1. The van der Waals surface area contributed by atoms with Crippen LogP contribution in [0.4, 0.5) is 0 Å². The number of aryl methyl sites for hydroxylation is 1. The molecule has 0 bridgehead atoms. The summed E-state index contributed by atoms with van der Waals surface area (Å²) >= 11 is 0. The second-order valence-corrected chi connectivity index (χ2v) is 6.01. The summed E-state index contributed by atoms with van der Waals surface area (Å²) in [4.78, 5) is 12.4. The molecule has 1 amide bonds. The number of nitrogens with one attached hydrogen (secondary N) is 1. The van der Waals surface area contributed by atoms with Gasteiger partial charge in [0.2, 0.25) is 0 Å². The molecule has 140 valence electrons. The van der Waals surface area contributed by atoms with E-state index in [1.54, 1.807) is 14.2 Å². The molecule has 0 saturated heterocycles. The third kappa shape index (κ3) is 5.15. The van der Waals surface area contributed by atoms with Gasteiger partial charge in [-0.15, -0.1) is 0 Å². The van der Waals surface area contributed by atoms with Crippen LogP contribution in [0.15, 0.2) is 42.5 Å². The van der Waals surface area contributed by atoms with E-state index in [1.165, 1.54) is 0 Å². The monoisotopic (exact) mass is 357 g/mol. The Bertz CT molecular complexity index is 730. The number of para-hydroxylation sites is 1. The second-order valence-electron chi connectivity index (χ2n) is 6.01. The Hall–Kier alpha value is -2.69. The molecule has 2 aromatic carbocycles. The Morgan fingerprint density at radius 2 is 1.77 bits per heavy atom. The highest BCUT2D eigenvalue weighted by Gasteiger charge is 2.18. The van der Waals surface area contributed by atoms with Gasteiger partial charge in [-0.3, -0.25) is 4.79 Å². The molecule has 0 aliphatic rings. The maximum Gasteiger partial charge on any atom is 0.261 e. The highest BCUT2D eigenvalue weighted by Crippen LogP contribution is 2.27. The molecule has 0 fully saturated rings. The maximum atomic E-state index is 12.4. The van der Waals surface area contributed by atoms with E-state index in [0.29, 0.717) is 30.9 Å². The number of benzene rings is 2. The zero-order chi connectivity index (χ0) is 18.9. The standard InChI is InChI=1S/C21H27NO4/c1-5-17(26-18-9-7-6-8-15(18)2)21(23)22-13-12-16-10-11-19(24-3)20(14-16)25-4/h6-11,14,17H,5,12-13H2,1-4H3,(H,22,23). The molecular weight excluding hydrogens is 330 g/mol. The van der Waals surface area contributed by atoms with Crippen LogP contribution >= 0.6 is 0 Å². The zero-order valence-electron chi connectivity index (χ0n) is 15.9. The first-order valence-corrected chi connectivity index (χ1v) is 8.80. The van der Waals surface area contributed by atoms with Crippen molar-refractivity contribution in [3.8, 4) is 17.2 Å². The van der Waals surface area contributed by atoms with Crippen molar-refractivity contribution in [1.29, 1.82) is 0 Å². The largest absolute Gasteiger partial charge is 0.493 e. The van der Waals surface area contributed by atoms with Gasteiger partial charge in [-0.2, -0.15) is 0 Å². The van der Waals surface area contributed by atoms with E-state index in [1.807, 2.05) is 56.3 Å². The highest BCUT2D eigenvalue weighted by atomic mass is 16.5. The van der Waals surface area contributed by atoms with Crippen molar-refractivity contribution in [3.05, 3.63) is 53.6 Å². The maximum absolute atomic E-state index is 12.4. The van der Waals surface area contributed by atoms with Crippen LogP contribution in [0.1, 0.15) is 24.5 Å². The number of ether oxygens (including phenoxy) is 3. The Morgan fingerprint density at radius 1 is 1.04 bits per heavy atom.